The number of fused-ring (bicyclic) bond motifs is 6. The number of aromatic nitrogens is 3. The number of benzene rings is 2. The minimum atomic E-state index is -0.505. The maximum absolute atomic E-state index is 16.9. The molecule has 4 aliphatic heterocycles. The second-order valence-electron chi connectivity index (χ2n) is 13.8. The van der Waals surface area contributed by atoms with Crippen molar-refractivity contribution in [3.05, 3.63) is 53.5 Å². The van der Waals surface area contributed by atoms with Crippen LogP contribution in [0.25, 0.3) is 32.9 Å². The molecule has 0 spiro atoms. The number of terminal acetylenes is 1. The van der Waals surface area contributed by atoms with Gasteiger partial charge in [-0.25, -0.2) is 4.39 Å². The maximum Gasteiger partial charge on any atom is 0.319 e. The van der Waals surface area contributed by atoms with Gasteiger partial charge in [0.1, 0.15) is 23.6 Å². The van der Waals surface area contributed by atoms with Crippen LogP contribution in [0.15, 0.2) is 36.5 Å². The average molecular weight is 606 g/mol. The van der Waals surface area contributed by atoms with E-state index in [4.69, 9.17) is 30.8 Å². The number of nitrogens with one attached hydrogen (secondary N) is 1. The van der Waals surface area contributed by atoms with Gasteiger partial charge in [-0.3, -0.25) is 9.88 Å². The number of nitrogens with zero attached hydrogens (tertiary/aromatic N) is 4. The molecule has 0 unspecified atom stereocenters. The Labute approximate surface area is 263 Å². The smallest absolute Gasteiger partial charge is 0.319 e. The monoisotopic (exact) mass is 605 g/mol. The zero-order valence-corrected chi connectivity index (χ0v) is 26.2. The third-order valence-corrected chi connectivity index (χ3v) is 11.3. The van der Waals surface area contributed by atoms with Gasteiger partial charge < -0.3 is 14.8 Å². The van der Waals surface area contributed by atoms with Crippen molar-refractivity contribution in [3.63, 3.8) is 0 Å². The van der Waals surface area contributed by atoms with Crippen molar-refractivity contribution in [2.75, 3.05) is 31.6 Å². The lowest BCUT2D eigenvalue weighted by Gasteiger charge is -2.53. The van der Waals surface area contributed by atoms with Crippen LogP contribution in [-0.2, 0) is 4.74 Å². The number of pyridine rings is 1. The highest BCUT2D eigenvalue weighted by atomic mass is 19.1. The summed E-state index contributed by atoms with van der Waals surface area (Å²) in [5.74, 6) is 2.82. The molecule has 1 N–H and O–H groups in total. The molecule has 8 heteroatoms. The second-order valence-corrected chi connectivity index (χ2v) is 13.8. The third kappa shape index (κ3) is 4.66. The van der Waals surface area contributed by atoms with Crippen LogP contribution < -0.4 is 10.1 Å². The Morgan fingerprint density at radius 3 is 2.60 bits per heavy atom. The van der Waals surface area contributed by atoms with Gasteiger partial charge in [0, 0.05) is 22.7 Å². The Hall–Kier alpha value is -3.80. The van der Waals surface area contributed by atoms with E-state index in [9.17, 15) is 0 Å². The highest BCUT2D eigenvalue weighted by Crippen LogP contribution is 2.47. The first kappa shape index (κ1) is 28.7. The molecule has 5 aliphatic rings. The summed E-state index contributed by atoms with van der Waals surface area (Å²) >= 11 is 0. The largest absolute Gasteiger partial charge is 0.461 e. The predicted octanol–water partition coefficient (Wildman–Crippen LogP) is 7.18. The SMILES string of the molecule is C#Cc1cccc2cc(C)cc(-c3ncc4c(NC56CCC(CC)(CC5)OC6)nc(OCC56CCCN5CCC6)nc4c3F)c12. The van der Waals surface area contributed by atoms with Crippen molar-refractivity contribution in [2.45, 2.75) is 88.3 Å². The molecule has 45 heavy (non-hydrogen) atoms. The van der Waals surface area contributed by atoms with Gasteiger partial charge >= 0.3 is 6.01 Å². The fraction of sp³-hybridized carbons (Fsp3) is 0.486. The van der Waals surface area contributed by atoms with Gasteiger partial charge in [0.05, 0.1) is 28.7 Å². The molecule has 5 fully saturated rings. The zero-order chi connectivity index (χ0) is 30.8. The Morgan fingerprint density at radius 1 is 1.09 bits per heavy atom. The Kier molecular flexibility index (Phi) is 6.78. The quantitative estimate of drug-likeness (QED) is 0.224. The fourth-order valence-electron chi connectivity index (χ4n) is 8.56. The molecule has 6 heterocycles. The van der Waals surface area contributed by atoms with Crippen LogP contribution in [0, 0.1) is 25.1 Å². The summed E-state index contributed by atoms with van der Waals surface area (Å²) in [7, 11) is 0. The molecule has 4 aromatic rings. The number of hydrogen-bond acceptors (Lipinski definition) is 7. The Morgan fingerprint density at radius 2 is 1.89 bits per heavy atom. The topological polar surface area (TPSA) is 72.4 Å². The van der Waals surface area contributed by atoms with Crippen molar-refractivity contribution in [3.8, 4) is 29.6 Å². The van der Waals surface area contributed by atoms with Crippen LogP contribution in [0.5, 0.6) is 6.01 Å². The van der Waals surface area contributed by atoms with Gasteiger partial charge in [0.15, 0.2) is 5.82 Å². The van der Waals surface area contributed by atoms with Gasteiger partial charge in [-0.05, 0) is 101 Å². The van der Waals surface area contributed by atoms with E-state index in [0.29, 0.717) is 35.5 Å². The lowest BCUT2D eigenvalue weighted by molar-refractivity contribution is -0.148. The minimum absolute atomic E-state index is 0.0166. The van der Waals surface area contributed by atoms with E-state index in [1.807, 2.05) is 31.2 Å². The third-order valence-electron chi connectivity index (χ3n) is 11.3. The number of rotatable bonds is 7. The number of anilines is 1. The molecule has 7 nitrogen and oxygen atoms in total. The summed E-state index contributed by atoms with van der Waals surface area (Å²) in [6.07, 6.45) is 17.1. The highest BCUT2D eigenvalue weighted by Gasteiger charge is 2.49. The van der Waals surface area contributed by atoms with Crippen LogP contribution in [0.1, 0.15) is 75.8 Å². The summed E-state index contributed by atoms with van der Waals surface area (Å²) in [6.45, 7) is 7.50. The maximum atomic E-state index is 16.9. The van der Waals surface area contributed by atoms with E-state index >= 15 is 4.39 Å². The first-order valence-electron chi connectivity index (χ1n) is 16.5. The van der Waals surface area contributed by atoms with Gasteiger partial charge in [-0.2, -0.15) is 9.97 Å². The molecule has 1 aliphatic carbocycles. The summed E-state index contributed by atoms with van der Waals surface area (Å²) in [5, 5.41) is 6.01. The molecule has 232 valence electrons. The number of hydrogen-bond donors (Lipinski definition) is 1. The second kappa shape index (κ2) is 10.6. The van der Waals surface area contributed by atoms with Crippen molar-refractivity contribution < 1.29 is 13.9 Å². The number of ether oxygens (including phenoxy) is 2. The van der Waals surface area contributed by atoms with Crippen molar-refractivity contribution in [1.29, 1.82) is 0 Å². The van der Waals surface area contributed by atoms with E-state index < -0.39 is 5.82 Å². The Balaban J connectivity index is 1.24. The van der Waals surface area contributed by atoms with Crippen LogP contribution in [0.2, 0.25) is 0 Å². The number of halogens is 1. The predicted molar refractivity (Wildman–Crippen MR) is 175 cm³/mol. The molecular weight excluding hydrogens is 565 g/mol. The van der Waals surface area contributed by atoms with Crippen LogP contribution in [-0.4, -0.2) is 62.8 Å². The molecular formula is C37H40FN5O2. The van der Waals surface area contributed by atoms with E-state index in [0.717, 1.165) is 74.4 Å². The highest BCUT2D eigenvalue weighted by molar-refractivity contribution is 6.02. The first-order chi connectivity index (χ1) is 21.9. The van der Waals surface area contributed by atoms with Gasteiger partial charge in [0.2, 0.25) is 0 Å². The molecule has 9 rings (SSSR count). The van der Waals surface area contributed by atoms with E-state index in [2.05, 4.69) is 29.1 Å². The van der Waals surface area contributed by atoms with E-state index in [-0.39, 0.29) is 33.9 Å². The van der Waals surface area contributed by atoms with Crippen LogP contribution >= 0.6 is 0 Å². The minimum Gasteiger partial charge on any atom is -0.461 e. The summed E-state index contributed by atoms with van der Waals surface area (Å²) in [4.78, 5) is 16.9. The van der Waals surface area contributed by atoms with E-state index in [1.54, 1.807) is 6.20 Å². The molecule has 0 amide bonds. The van der Waals surface area contributed by atoms with Crippen LogP contribution in [0.3, 0.4) is 0 Å². The molecule has 0 atom stereocenters. The fourth-order valence-corrected chi connectivity index (χ4v) is 8.56. The van der Waals surface area contributed by atoms with Crippen molar-refractivity contribution in [1.82, 2.24) is 19.9 Å². The Bertz CT molecular complexity index is 1830. The van der Waals surface area contributed by atoms with E-state index in [1.165, 1.54) is 12.8 Å². The zero-order valence-electron chi connectivity index (χ0n) is 26.2. The summed E-state index contributed by atoms with van der Waals surface area (Å²) in [5.41, 5.74) is 2.49. The molecule has 2 bridgehead atoms. The van der Waals surface area contributed by atoms with Gasteiger partial charge in [-0.15, -0.1) is 6.42 Å². The van der Waals surface area contributed by atoms with Crippen molar-refractivity contribution >= 4 is 27.5 Å². The van der Waals surface area contributed by atoms with Crippen LogP contribution in [0.4, 0.5) is 10.2 Å². The number of aryl methyl sites for hydroxylation is 1. The standard InChI is InChI=1S/C37H40FN5O2/c1-4-25-9-6-10-26-19-24(3)20-27(29(25)26)31-30(38)32-28(21-39-31)33(42-35-13-15-37(5-2,16-14-35)45-22-35)41-34(40-32)44-23-36-11-7-17-43(36)18-8-12-36/h1,6,9-10,19-21H,5,7-8,11-18,22-23H2,2-3H3,(H,40,41,42). The van der Waals surface area contributed by atoms with Gasteiger partial charge in [0.25, 0.3) is 0 Å². The molecule has 1 saturated carbocycles. The van der Waals surface area contributed by atoms with Crippen molar-refractivity contribution in [2.24, 2.45) is 0 Å². The summed E-state index contributed by atoms with van der Waals surface area (Å²) in [6, 6.07) is 10.0. The lowest BCUT2D eigenvalue weighted by atomic mass is 9.70. The molecule has 4 saturated heterocycles. The lowest BCUT2D eigenvalue weighted by Crippen LogP contribution is -2.58. The normalized spacial score (nSPS) is 25.5. The summed E-state index contributed by atoms with van der Waals surface area (Å²) < 4.78 is 29.7. The van der Waals surface area contributed by atoms with Gasteiger partial charge in [-0.1, -0.05) is 31.0 Å². The average Bonchev–Trinajstić information content (AvgIpc) is 3.65. The molecule has 0 radical (unpaired) electrons. The molecule has 2 aromatic carbocycles. The first-order valence-corrected chi connectivity index (χ1v) is 16.5. The molecule has 2 aromatic heterocycles.